The minimum absolute atomic E-state index is 0.0923. The molecular formula is C16H22N2O. The van der Waals surface area contributed by atoms with Crippen LogP contribution in [0.5, 0.6) is 0 Å². The molecule has 19 heavy (non-hydrogen) atoms. The number of nitrogens with two attached hydrogens (primary N) is 1. The summed E-state index contributed by atoms with van der Waals surface area (Å²) in [7, 11) is 0. The first-order valence-corrected chi connectivity index (χ1v) is 6.41. The van der Waals surface area contributed by atoms with Gasteiger partial charge in [-0.15, -0.1) is 0 Å². The Morgan fingerprint density at radius 3 is 2.32 bits per heavy atom. The van der Waals surface area contributed by atoms with E-state index in [0.717, 1.165) is 16.8 Å². The van der Waals surface area contributed by atoms with Crippen molar-refractivity contribution in [2.24, 2.45) is 11.7 Å². The molecule has 0 heterocycles. The average Bonchev–Trinajstić information content (AvgIpc) is 2.28. The molecule has 3 N–H and O–H groups in total. The molecule has 0 aromatic heterocycles. The maximum Gasteiger partial charge on any atom is 0.221 e. The van der Waals surface area contributed by atoms with E-state index in [1.807, 2.05) is 44.2 Å². The largest absolute Gasteiger partial charge is 0.399 e. The van der Waals surface area contributed by atoms with Gasteiger partial charge in [0.1, 0.15) is 0 Å². The summed E-state index contributed by atoms with van der Waals surface area (Å²) in [5.41, 5.74) is 9.25. The van der Waals surface area contributed by atoms with Gasteiger partial charge in [0.05, 0.1) is 0 Å². The number of benzene rings is 1. The van der Waals surface area contributed by atoms with Crippen LogP contribution in [-0.4, -0.2) is 5.91 Å². The Hall–Kier alpha value is -2.03. The van der Waals surface area contributed by atoms with Crippen molar-refractivity contribution in [1.29, 1.82) is 0 Å². The normalized spacial score (nSPS) is 12.0. The summed E-state index contributed by atoms with van der Waals surface area (Å²) in [5.74, 6) is 0.119. The Kier molecular flexibility index (Phi) is 5.37. The quantitative estimate of drug-likeness (QED) is 0.798. The number of amides is 1. The average molecular weight is 258 g/mol. The van der Waals surface area contributed by atoms with Gasteiger partial charge in [-0.3, -0.25) is 4.79 Å². The molecule has 0 aliphatic heterocycles. The van der Waals surface area contributed by atoms with E-state index < -0.39 is 0 Å². The van der Waals surface area contributed by atoms with Crippen LogP contribution in [0.2, 0.25) is 0 Å². The fraction of sp³-hybridized carbons (Fsp3) is 0.312. The van der Waals surface area contributed by atoms with Crippen molar-refractivity contribution in [3.63, 3.8) is 0 Å². The number of allylic oxidation sites excluding steroid dienone is 2. The highest BCUT2D eigenvalue weighted by Crippen LogP contribution is 2.21. The van der Waals surface area contributed by atoms with Crippen LogP contribution in [0, 0.1) is 5.92 Å². The lowest BCUT2D eigenvalue weighted by molar-refractivity contribution is -0.118. The predicted molar refractivity (Wildman–Crippen MR) is 79.2 cm³/mol. The first-order chi connectivity index (χ1) is 8.91. The fourth-order valence-electron chi connectivity index (χ4n) is 2.13. The number of carbonyl (C=O) groups is 1. The van der Waals surface area contributed by atoms with Crippen LogP contribution >= 0.6 is 0 Å². The second-order valence-corrected chi connectivity index (χ2v) is 4.92. The summed E-state index contributed by atoms with van der Waals surface area (Å²) in [6.07, 6.45) is 0.643. The van der Waals surface area contributed by atoms with Crippen LogP contribution in [0.3, 0.4) is 0 Å². The van der Waals surface area contributed by atoms with Gasteiger partial charge in [-0.25, -0.2) is 0 Å². The SMILES string of the molecule is C=C(N)/C(=C(/Cc1ccccc1)NC(C)=O)C(C)C. The van der Waals surface area contributed by atoms with E-state index >= 15 is 0 Å². The molecule has 0 atom stereocenters. The molecule has 0 saturated carbocycles. The minimum atomic E-state index is -0.0923. The molecule has 0 fully saturated rings. The van der Waals surface area contributed by atoms with Crippen LogP contribution in [-0.2, 0) is 11.2 Å². The second-order valence-electron chi connectivity index (χ2n) is 4.92. The van der Waals surface area contributed by atoms with E-state index in [1.54, 1.807) is 0 Å². The fourth-order valence-corrected chi connectivity index (χ4v) is 2.13. The third-order valence-electron chi connectivity index (χ3n) is 2.80. The van der Waals surface area contributed by atoms with Gasteiger partial charge in [-0.2, -0.15) is 0 Å². The third kappa shape index (κ3) is 4.62. The van der Waals surface area contributed by atoms with Crippen LogP contribution in [0.4, 0.5) is 0 Å². The lowest BCUT2D eigenvalue weighted by atomic mass is 9.95. The zero-order chi connectivity index (χ0) is 14.4. The standard InChI is InChI=1S/C16H22N2O/c1-11(2)16(12(3)17)15(18-13(4)19)10-14-8-6-5-7-9-14/h5-9,11H,3,10,17H2,1-2,4H3,(H,18,19)/b16-15-. The summed E-state index contributed by atoms with van der Waals surface area (Å²) >= 11 is 0. The molecule has 1 aromatic carbocycles. The molecule has 0 saturated heterocycles. The molecule has 0 unspecified atom stereocenters. The second kappa shape index (κ2) is 6.78. The first kappa shape index (κ1) is 15.0. The van der Waals surface area contributed by atoms with Crippen LogP contribution < -0.4 is 11.1 Å². The van der Waals surface area contributed by atoms with Crippen LogP contribution in [0.15, 0.2) is 53.9 Å². The van der Waals surface area contributed by atoms with E-state index in [2.05, 4.69) is 11.9 Å². The van der Waals surface area contributed by atoms with Crippen molar-refractivity contribution >= 4 is 5.91 Å². The number of nitrogens with one attached hydrogen (secondary N) is 1. The minimum Gasteiger partial charge on any atom is -0.399 e. The van der Waals surface area contributed by atoms with Crippen molar-refractivity contribution < 1.29 is 4.79 Å². The lowest BCUT2D eigenvalue weighted by Gasteiger charge is -2.19. The summed E-state index contributed by atoms with van der Waals surface area (Å²) in [4.78, 5) is 11.4. The Labute approximate surface area is 115 Å². The van der Waals surface area contributed by atoms with Crippen molar-refractivity contribution in [2.75, 3.05) is 0 Å². The van der Waals surface area contributed by atoms with Crippen molar-refractivity contribution in [3.05, 3.63) is 59.4 Å². The Morgan fingerprint density at radius 2 is 1.89 bits per heavy atom. The highest BCUT2D eigenvalue weighted by molar-refractivity contribution is 5.75. The Balaban J connectivity index is 3.16. The van der Waals surface area contributed by atoms with Crippen LogP contribution in [0.25, 0.3) is 0 Å². The molecule has 1 rings (SSSR count). The zero-order valence-electron chi connectivity index (χ0n) is 11.9. The van der Waals surface area contributed by atoms with Crippen molar-refractivity contribution in [1.82, 2.24) is 5.32 Å². The van der Waals surface area contributed by atoms with Gasteiger partial charge in [0, 0.05) is 24.7 Å². The van der Waals surface area contributed by atoms with Gasteiger partial charge in [-0.05, 0) is 17.1 Å². The van der Waals surface area contributed by atoms with Gasteiger partial charge in [0.2, 0.25) is 5.91 Å². The molecule has 0 aliphatic carbocycles. The maximum atomic E-state index is 11.4. The molecule has 0 radical (unpaired) electrons. The molecule has 3 nitrogen and oxygen atoms in total. The Morgan fingerprint density at radius 1 is 1.32 bits per heavy atom. The van der Waals surface area contributed by atoms with E-state index in [9.17, 15) is 4.79 Å². The molecule has 0 spiro atoms. The Bertz CT molecular complexity index is 487. The zero-order valence-corrected chi connectivity index (χ0v) is 11.9. The highest BCUT2D eigenvalue weighted by Gasteiger charge is 2.14. The topological polar surface area (TPSA) is 55.1 Å². The van der Waals surface area contributed by atoms with Crippen molar-refractivity contribution in [2.45, 2.75) is 27.2 Å². The monoisotopic (exact) mass is 258 g/mol. The molecular weight excluding hydrogens is 236 g/mol. The van der Waals surface area contributed by atoms with Gasteiger partial charge >= 0.3 is 0 Å². The van der Waals surface area contributed by atoms with E-state index in [4.69, 9.17) is 5.73 Å². The molecule has 0 bridgehead atoms. The number of carbonyl (C=O) groups excluding carboxylic acids is 1. The lowest BCUT2D eigenvalue weighted by Crippen LogP contribution is -2.25. The third-order valence-corrected chi connectivity index (χ3v) is 2.80. The highest BCUT2D eigenvalue weighted by atomic mass is 16.1. The molecule has 102 valence electrons. The number of hydrogen-bond donors (Lipinski definition) is 2. The van der Waals surface area contributed by atoms with Gasteiger partial charge < -0.3 is 11.1 Å². The molecule has 0 aliphatic rings. The number of hydrogen-bond acceptors (Lipinski definition) is 2. The van der Waals surface area contributed by atoms with Gasteiger partial charge in [-0.1, -0.05) is 50.8 Å². The predicted octanol–water partition coefficient (Wildman–Crippen LogP) is 2.75. The smallest absolute Gasteiger partial charge is 0.221 e. The summed E-state index contributed by atoms with van der Waals surface area (Å²) in [6, 6.07) is 9.98. The van der Waals surface area contributed by atoms with E-state index in [1.165, 1.54) is 6.92 Å². The van der Waals surface area contributed by atoms with Gasteiger partial charge in [0.25, 0.3) is 0 Å². The summed E-state index contributed by atoms with van der Waals surface area (Å²) in [5, 5.41) is 2.89. The molecule has 1 amide bonds. The van der Waals surface area contributed by atoms with Gasteiger partial charge in [0.15, 0.2) is 0 Å². The van der Waals surface area contributed by atoms with Crippen molar-refractivity contribution in [3.8, 4) is 0 Å². The first-order valence-electron chi connectivity index (χ1n) is 6.41. The molecule has 1 aromatic rings. The summed E-state index contributed by atoms with van der Waals surface area (Å²) < 4.78 is 0. The van der Waals surface area contributed by atoms with E-state index in [-0.39, 0.29) is 11.8 Å². The van der Waals surface area contributed by atoms with Crippen LogP contribution in [0.1, 0.15) is 26.3 Å². The summed E-state index contributed by atoms with van der Waals surface area (Å²) in [6.45, 7) is 9.40. The molecule has 3 heteroatoms. The van der Waals surface area contributed by atoms with E-state index in [0.29, 0.717) is 12.1 Å². The number of rotatable bonds is 5. The maximum absolute atomic E-state index is 11.4.